The third kappa shape index (κ3) is 2.45. The summed E-state index contributed by atoms with van der Waals surface area (Å²) in [5.74, 6) is -0.510. The molecule has 2 rings (SSSR count). The van der Waals surface area contributed by atoms with Gasteiger partial charge in [0.15, 0.2) is 0 Å². The fourth-order valence-corrected chi connectivity index (χ4v) is 3.42. The van der Waals surface area contributed by atoms with Crippen LogP contribution in [0.2, 0.25) is 5.02 Å². The number of halogens is 3. The van der Waals surface area contributed by atoms with Crippen LogP contribution in [0.3, 0.4) is 0 Å². The summed E-state index contributed by atoms with van der Waals surface area (Å²) in [7, 11) is 1.15. The number of carbonyl (C=O) groups excluding carboxylic acids is 1. The Morgan fingerprint density at radius 2 is 2.06 bits per heavy atom. The quantitative estimate of drug-likeness (QED) is 0.603. The Bertz CT molecular complexity index is 590. The molecular weight excluding hydrogens is 353 g/mol. The topological polar surface area (TPSA) is 54.5 Å². The predicted molar refractivity (Wildman–Crippen MR) is 68.1 cm³/mol. The number of hydrogen-bond donors (Lipinski definition) is 0. The van der Waals surface area contributed by atoms with E-state index in [-0.39, 0.29) is 6.42 Å². The van der Waals surface area contributed by atoms with Crippen molar-refractivity contribution in [1.29, 1.82) is 0 Å². The molecule has 92 valence electrons. The van der Waals surface area contributed by atoms with E-state index in [1.165, 1.54) is 0 Å². The molecule has 0 saturated carbocycles. The zero-order valence-electron chi connectivity index (χ0n) is 8.23. The van der Waals surface area contributed by atoms with E-state index in [1.54, 1.807) is 18.2 Å². The van der Waals surface area contributed by atoms with Crippen molar-refractivity contribution in [2.45, 2.75) is 12.5 Å². The predicted octanol–water partition coefficient (Wildman–Crippen LogP) is 2.86. The van der Waals surface area contributed by atoms with Crippen molar-refractivity contribution >= 4 is 53.4 Å². The molecule has 1 aromatic carbocycles. The second-order valence-electron chi connectivity index (χ2n) is 3.53. The number of benzene rings is 1. The maximum atomic E-state index is 11.2. The number of rotatable bonds is 2. The van der Waals surface area contributed by atoms with Crippen LogP contribution in [0, 0.1) is 0 Å². The van der Waals surface area contributed by atoms with Crippen molar-refractivity contribution < 1.29 is 13.2 Å². The van der Waals surface area contributed by atoms with Gasteiger partial charge in [-0.15, -0.1) is 0 Å². The number of nitrogens with zero attached hydrogens (tertiary/aromatic N) is 1. The Hall–Kier alpha value is -0.300. The minimum absolute atomic E-state index is 0.115. The highest BCUT2D eigenvalue weighted by Crippen LogP contribution is 2.39. The molecule has 1 amide bonds. The van der Waals surface area contributed by atoms with Crippen molar-refractivity contribution in [3.63, 3.8) is 0 Å². The molecule has 0 radical (unpaired) electrons. The fourth-order valence-electron chi connectivity index (χ4n) is 1.65. The molecule has 0 spiro atoms. The lowest BCUT2D eigenvalue weighted by atomic mass is 9.97. The fraction of sp³-hybridized carbons (Fsp3) is 0.222. The van der Waals surface area contributed by atoms with Crippen LogP contribution in [-0.4, -0.2) is 18.6 Å². The van der Waals surface area contributed by atoms with Crippen LogP contribution in [0.25, 0.3) is 0 Å². The molecule has 1 heterocycles. The summed E-state index contributed by atoms with van der Waals surface area (Å²) in [6.07, 6.45) is 0.115. The molecule has 0 bridgehead atoms. The summed E-state index contributed by atoms with van der Waals surface area (Å²) in [5, 5.41) is 0.453. The molecular formula is C9H6BrCl2NO3S. The van der Waals surface area contributed by atoms with Crippen LogP contribution >= 0.6 is 38.2 Å². The van der Waals surface area contributed by atoms with E-state index in [0.29, 0.717) is 19.4 Å². The van der Waals surface area contributed by atoms with Gasteiger partial charge in [-0.05, 0) is 33.6 Å². The van der Waals surface area contributed by atoms with E-state index in [2.05, 4.69) is 15.9 Å². The van der Waals surface area contributed by atoms with Gasteiger partial charge in [-0.25, -0.2) is 4.31 Å². The first-order valence-electron chi connectivity index (χ1n) is 4.52. The molecule has 1 aliphatic heterocycles. The average molecular weight is 359 g/mol. The number of carbonyl (C=O) groups is 1. The Morgan fingerprint density at radius 1 is 1.41 bits per heavy atom. The first kappa shape index (κ1) is 13.1. The summed E-state index contributed by atoms with van der Waals surface area (Å²) < 4.78 is 23.7. The second-order valence-corrected chi connectivity index (χ2v) is 7.17. The Morgan fingerprint density at radius 3 is 2.53 bits per heavy atom. The molecule has 1 saturated heterocycles. The van der Waals surface area contributed by atoms with E-state index >= 15 is 0 Å². The van der Waals surface area contributed by atoms with Gasteiger partial charge in [-0.1, -0.05) is 17.7 Å². The normalized spacial score (nSPS) is 20.3. The summed E-state index contributed by atoms with van der Waals surface area (Å²) in [6, 6.07) is 4.44. The van der Waals surface area contributed by atoms with Crippen LogP contribution in [0.5, 0.6) is 0 Å². The molecule has 0 aromatic heterocycles. The van der Waals surface area contributed by atoms with Crippen molar-refractivity contribution in [2.24, 2.45) is 0 Å². The van der Waals surface area contributed by atoms with Gasteiger partial charge >= 0.3 is 9.24 Å². The molecule has 1 fully saturated rings. The Labute approximate surface area is 116 Å². The van der Waals surface area contributed by atoms with Crippen molar-refractivity contribution in [1.82, 2.24) is 4.31 Å². The largest absolute Gasteiger partial charge is 0.324 e. The maximum Gasteiger partial charge on any atom is 0.324 e. The third-order valence-corrected chi connectivity index (χ3v) is 5.07. The zero-order valence-corrected chi connectivity index (χ0v) is 12.1. The van der Waals surface area contributed by atoms with Gasteiger partial charge < -0.3 is 0 Å². The number of hydrogen-bond acceptors (Lipinski definition) is 3. The molecule has 0 N–H and O–H groups in total. The molecule has 1 unspecified atom stereocenters. The average Bonchev–Trinajstić information content (AvgIpc) is 2.16. The van der Waals surface area contributed by atoms with Crippen molar-refractivity contribution in [3.05, 3.63) is 33.3 Å². The van der Waals surface area contributed by atoms with Gasteiger partial charge in [-0.3, -0.25) is 4.79 Å². The lowest BCUT2D eigenvalue weighted by molar-refractivity contribution is -0.137. The lowest BCUT2D eigenvalue weighted by Gasteiger charge is -2.37. The van der Waals surface area contributed by atoms with Gasteiger partial charge in [0.2, 0.25) is 5.91 Å². The third-order valence-electron chi connectivity index (χ3n) is 2.46. The highest BCUT2D eigenvalue weighted by molar-refractivity contribution is 9.10. The number of amides is 1. The van der Waals surface area contributed by atoms with Gasteiger partial charge in [-0.2, -0.15) is 8.42 Å². The number of β-lactam (4-membered cyclic amide) rings is 1. The van der Waals surface area contributed by atoms with E-state index < -0.39 is 21.2 Å². The summed E-state index contributed by atoms with van der Waals surface area (Å²) in [6.45, 7) is 0. The molecule has 1 atom stereocenters. The second kappa shape index (κ2) is 4.42. The van der Waals surface area contributed by atoms with E-state index in [9.17, 15) is 13.2 Å². The monoisotopic (exact) mass is 357 g/mol. The summed E-state index contributed by atoms with van der Waals surface area (Å²) >= 11 is 9.13. The highest BCUT2D eigenvalue weighted by atomic mass is 79.9. The standard InChI is InChI=1S/C9H6BrCl2NO3S/c10-6-2-1-5(3-7(6)11)8-4-9(14)13(8)17(12,15)16/h1-3,8H,4H2. The van der Waals surface area contributed by atoms with Crippen LogP contribution in [-0.2, 0) is 14.0 Å². The van der Waals surface area contributed by atoms with Crippen LogP contribution in [0.15, 0.2) is 22.7 Å². The Kier molecular flexibility index (Phi) is 3.42. The van der Waals surface area contributed by atoms with Crippen molar-refractivity contribution in [3.8, 4) is 0 Å². The molecule has 1 aliphatic rings. The molecule has 4 nitrogen and oxygen atoms in total. The van der Waals surface area contributed by atoms with Crippen LogP contribution in [0.1, 0.15) is 18.0 Å². The summed E-state index contributed by atoms with van der Waals surface area (Å²) in [5.41, 5.74) is 0.641. The van der Waals surface area contributed by atoms with E-state index in [1.807, 2.05) is 0 Å². The molecule has 8 heteroatoms. The zero-order chi connectivity index (χ0) is 12.8. The highest BCUT2D eigenvalue weighted by Gasteiger charge is 2.44. The summed E-state index contributed by atoms with van der Waals surface area (Å²) in [4.78, 5) is 11.2. The molecule has 17 heavy (non-hydrogen) atoms. The minimum Gasteiger partial charge on any atom is -0.274 e. The van der Waals surface area contributed by atoms with E-state index in [0.717, 1.165) is 0 Å². The van der Waals surface area contributed by atoms with Gasteiger partial charge in [0, 0.05) is 15.2 Å². The van der Waals surface area contributed by atoms with Gasteiger partial charge in [0.05, 0.1) is 17.5 Å². The van der Waals surface area contributed by atoms with Crippen LogP contribution in [0.4, 0.5) is 0 Å². The Balaban J connectivity index is 2.36. The molecule has 1 aromatic rings. The van der Waals surface area contributed by atoms with Crippen LogP contribution < -0.4 is 0 Å². The maximum absolute atomic E-state index is 11.2. The smallest absolute Gasteiger partial charge is 0.274 e. The minimum atomic E-state index is -4.03. The first-order chi connectivity index (χ1) is 7.80. The van der Waals surface area contributed by atoms with Gasteiger partial charge in [0.25, 0.3) is 0 Å². The first-order valence-corrected chi connectivity index (χ1v) is 7.96. The van der Waals surface area contributed by atoms with Gasteiger partial charge in [0.1, 0.15) is 0 Å². The van der Waals surface area contributed by atoms with E-state index in [4.69, 9.17) is 22.3 Å². The SMILES string of the molecule is O=C1CC(c2ccc(Br)c(Cl)c2)N1S(=O)(=O)Cl. The van der Waals surface area contributed by atoms with Crippen molar-refractivity contribution in [2.75, 3.05) is 0 Å². The lowest BCUT2D eigenvalue weighted by Crippen LogP contribution is -2.47. The molecule has 0 aliphatic carbocycles.